The molecule has 0 heterocycles. The molecule has 1 aromatic rings. The van der Waals surface area contributed by atoms with Gasteiger partial charge in [0.15, 0.2) is 6.61 Å². The lowest BCUT2D eigenvalue weighted by Gasteiger charge is -2.08. The molecule has 0 spiro atoms. The lowest BCUT2D eigenvalue weighted by molar-refractivity contribution is -0.121. The van der Waals surface area contributed by atoms with E-state index in [2.05, 4.69) is 0 Å². The third kappa shape index (κ3) is 2.78. The highest BCUT2D eigenvalue weighted by atomic mass is 16.5. The molecule has 1 aromatic carbocycles. The van der Waals surface area contributed by atoms with Crippen LogP contribution >= 0.6 is 0 Å². The molecule has 6 nitrogen and oxygen atoms in total. The molecule has 6 heteroatoms. The Morgan fingerprint density at radius 3 is 3.00 bits per heavy atom. The van der Waals surface area contributed by atoms with Crippen molar-refractivity contribution in [1.29, 1.82) is 0 Å². The van der Waals surface area contributed by atoms with Crippen LogP contribution in [0.2, 0.25) is 0 Å². The van der Waals surface area contributed by atoms with Gasteiger partial charge in [-0.1, -0.05) is 6.07 Å². The molecule has 3 amide bonds. The predicted molar refractivity (Wildman–Crippen MR) is 62.9 cm³/mol. The Kier molecular flexibility index (Phi) is 3.47. The molecule has 2 rings (SSSR count). The molecule has 0 saturated heterocycles. The van der Waals surface area contributed by atoms with Gasteiger partial charge in [0.25, 0.3) is 5.91 Å². The van der Waals surface area contributed by atoms with Gasteiger partial charge in [0, 0.05) is 0 Å². The molecule has 1 unspecified atom stereocenters. The summed E-state index contributed by atoms with van der Waals surface area (Å²) in [6, 6.07) is 4.36. The zero-order valence-corrected chi connectivity index (χ0v) is 9.68. The SMILES string of the molecule is NC(=O)NC(=O)COc1ccc2c(c1)CCC2O. The minimum absolute atomic E-state index is 0.274. The second-order valence-electron chi connectivity index (χ2n) is 4.12. The summed E-state index contributed by atoms with van der Waals surface area (Å²) in [5.41, 5.74) is 6.73. The predicted octanol–water partition coefficient (Wildman–Crippen LogP) is 0.240. The zero-order chi connectivity index (χ0) is 13.1. The first-order valence-corrected chi connectivity index (χ1v) is 5.59. The molecular weight excluding hydrogens is 236 g/mol. The summed E-state index contributed by atoms with van der Waals surface area (Å²) in [6.45, 7) is -0.274. The van der Waals surface area contributed by atoms with Crippen molar-refractivity contribution < 1.29 is 19.4 Å². The molecule has 1 aliphatic carbocycles. The van der Waals surface area contributed by atoms with E-state index in [0.29, 0.717) is 12.2 Å². The van der Waals surface area contributed by atoms with E-state index in [1.165, 1.54) is 0 Å². The fraction of sp³-hybridized carbons (Fsp3) is 0.333. The van der Waals surface area contributed by atoms with Crippen molar-refractivity contribution >= 4 is 11.9 Å². The van der Waals surface area contributed by atoms with Gasteiger partial charge in [0.1, 0.15) is 5.75 Å². The first kappa shape index (κ1) is 12.4. The van der Waals surface area contributed by atoms with Crippen LogP contribution in [0, 0.1) is 0 Å². The topological polar surface area (TPSA) is 102 Å². The number of aliphatic hydroxyl groups excluding tert-OH is 1. The Bertz CT molecular complexity index is 487. The van der Waals surface area contributed by atoms with E-state index < -0.39 is 18.0 Å². The van der Waals surface area contributed by atoms with Crippen LogP contribution < -0.4 is 15.8 Å². The summed E-state index contributed by atoms with van der Waals surface area (Å²) in [7, 11) is 0. The van der Waals surface area contributed by atoms with Crippen molar-refractivity contribution in [3.8, 4) is 5.75 Å². The first-order valence-electron chi connectivity index (χ1n) is 5.59. The number of urea groups is 1. The van der Waals surface area contributed by atoms with Crippen molar-refractivity contribution in [2.45, 2.75) is 18.9 Å². The summed E-state index contributed by atoms with van der Waals surface area (Å²) in [5, 5.41) is 11.5. The summed E-state index contributed by atoms with van der Waals surface area (Å²) < 4.78 is 5.23. The number of aryl methyl sites for hydroxylation is 1. The van der Waals surface area contributed by atoms with E-state index in [4.69, 9.17) is 10.5 Å². The minimum atomic E-state index is -0.902. The highest BCUT2D eigenvalue weighted by molar-refractivity contribution is 5.94. The lowest BCUT2D eigenvalue weighted by atomic mass is 10.1. The van der Waals surface area contributed by atoms with Crippen LogP contribution in [0.15, 0.2) is 18.2 Å². The second-order valence-corrected chi connectivity index (χ2v) is 4.12. The van der Waals surface area contributed by atoms with E-state index in [9.17, 15) is 14.7 Å². The van der Waals surface area contributed by atoms with Crippen LogP contribution in [0.4, 0.5) is 4.79 Å². The number of carbonyl (C=O) groups excluding carboxylic acids is 2. The number of amides is 3. The van der Waals surface area contributed by atoms with Gasteiger partial charge in [-0.05, 0) is 36.1 Å². The highest BCUT2D eigenvalue weighted by Crippen LogP contribution is 2.33. The van der Waals surface area contributed by atoms with Crippen molar-refractivity contribution in [1.82, 2.24) is 5.32 Å². The Balaban J connectivity index is 1.95. The van der Waals surface area contributed by atoms with Gasteiger partial charge in [-0.3, -0.25) is 10.1 Å². The Hall–Kier alpha value is -2.08. The fourth-order valence-electron chi connectivity index (χ4n) is 1.98. The van der Waals surface area contributed by atoms with Gasteiger partial charge in [0.05, 0.1) is 6.10 Å². The molecule has 0 radical (unpaired) electrons. The Morgan fingerprint density at radius 2 is 2.28 bits per heavy atom. The smallest absolute Gasteiger partial charge is 0.318 e. The number of rotatable bonds is 3. The maximum Gasteiger partial charge on any atom is 0.318 e. The molecule has 4 N–H and O–H groups in total. The van der Waals surface area contributed by atoms with Gasteiger partial charge >= 0.3 is 6.03 Å². The van der Waals surface area contributed by atoms with Gasteiger partial charge in [-0.15, -0.1) is 0 Å². The fourth-order valence-corrected chi connectivity index (χ4v) is 1.98. The summed E-state index contributed by atoms with van der Waals surface area (Å²) in [4.78, 5) is 21.6. The number of hydrogen-bond acceptors (Lipinski definition) is 4. The molecule has 0 saturated carbocycles. The molecule has 1 atom stereocenters. The van der Waals surface area contributed by atoms with E-state index >= 15 is 0 Å². The molecule has 0 aliphatic heterocycles. The second kappa shape index (κ2) is 5.05. The van der Waals surface area contributed by atoms with Crippen LogP contribution in [0.25, 0.3) is 0 Å². The maximum atomic E-state index is 11.1. The van der Waals surface area contributed by atoms with Crippen molar-refractivity contribution in [3.05, 3.63) is 29.3 Å². The number of imide groups is 1. The molecule has 1 aliphatic rings. The van der Waals surface area contributed by atoms with Crippen molar-refractivity contribution in [2.75, 3.05) is 6.61 Å². The quantitative estimate of drug-likeness (QED) is 0.715. The molecule has 0 aromatic heterocycles. The minimum Gasteiger partial charge on any atom is -0.484 e. The average Bonchev–Trinajstić information content (AvgIpc) is 2.67. The van der Waals surface area contributed by atoms with Crippen LogP contribution in [-0.2, 0) is 11.2 Å². The summed E-state index contributed by atoms with van der Waals surface area (Å²) in [6.07, 6.45) is 1.09. The van der Waals surface area contributed by atoms with Gasteiger partial charge in [-0.25, -0.2) is 4.79 Å². The number of fused-ring (bicyclic) bond motifs is 1. The molecular formula is C12H14N2O4. The summed E-state index contributed by atoms with van der Waals surface area (Å²) in [5.74, 6) is -0.0643. The van der Waals surface area contributed by atoms with E-state index in [1.54, 1.807) is 18.2 Å². The number of primary amides is 1. The average molecular weight is 250 g/mol. The van der Waals surface area contributed by atoms with Gasteiger partial charge in [-0.2, -0.15) is 0 Å². The van der Waals surface area contributed by atoms with Gasteiger partial charge in [0.2, 0.25) is 0 Å². The van der Waals surface area contributed by atoms with E-state index in [1.807, 2.05) is 5.32 Å². The molecule has 96 valence electrons. The standard InChI is InChI=1S/C12H14N2O4/c13-12(17)14-11(16)6-18-8-2-3-9-7(5-8)1-4-10(9)15/h2-3,5,10,15H,1,4,6H2,(H3,13,14,16,17). The molecule has 0 bridgehead atoms. The molecule has 0 fully saturated rings. The number of benzene rings is 1. The van der Waals surface area contributed by atoms with Crippen molar-refractivity contribution in [2.24, 2.45) is 5.73 Å². The number of nitrogens with two attached hydrogens (primary N) is 1. The number of hydrogen-bond donors (Lipinski definition) is 3. The number of nitrogens with one attached hydrogen (secondary N) is 1. The van der Waals surface area contributed by atoms with Crippen molar-refractivity contribution in [3.63, 3.8) is 0 Å². The third-order valence-corrected chi connectivity index (χ3v) is 2.79. The lowest BCUT2D eigenvalue weighted by Crippen LogP contribution is -2.38. The number of carbonyl (C=O) groups is 2. The van der Waals surface area contributed by atoms with Gasteiger partial charge < -0.3 is 15.6 Å². The van der Waals surface area contributed by atoms with Crippen LogP contribution in [-0.4, -0.2) is 23.7 Å². The highest BCUT2D eigenvalue weighted by Gasteiger charge is 2.20. The number of ether oxygens (including phenoxy) is 1. The normalized spacial score (nSPS) is 17.1. The Morgan fingerprint density at radius 1 is 1.50 bits per heavy atom. The van der Waals surface area contributed by atoms with Crippen LogP contribution in [0.5, 0.6) is 5.75 Å². The molecule has 18 heavy (non-hydrogen) atoms. The third-order valence-electron chi connectivity index (χ3n) is 2.79. The monoisotopic (exact) mass is 250 g/mol. The summed E-state index contributed by atoms with van der Waals surface area (Å²) >= 11 is 0. The van der Waals surface area contributed by atoms with E-state index in [-0.39, 0.29) is 6.61 Å². The van der Waals surface area contributed by atoms with Crippen LogP contribution in [0.1, 0.15) is 23.7 Å². The Labute approximate surface area is 104 Å². The first-order chi connectivity index (χ1) is 8.56. The largest absolute Gasteiger partial charge is 0.484 e. The number of aliphatic hydroxyl groups is 1. The zero-order valence-electron chi connectivity index (χ0n) is 9.68. The maximum absolute atomic E-state index is 11.1. The van der Waals surface area contributed by atoms with Crippen LogP contribution in [0.3, 0.4) is 0 Å². The van der Waals surface area contributed by atoms with E-state index in [0.717, 1.165) is 17.5 Å².